The molecule has 0 spiro atoms. The Labute approximate surface area is 147 Å². The Hall–Kier alpha value is -2.82. The lowest BCUT2D eigenvalue weighted by molar-refractivity contribution is -0.122. The highest BCUT2D eigenvalue weighted by atomic mass is 16.5. The van der Waals surface area contributed by atoms with Crippen molar-refractivity contribution in [3.63, 3.8) is 0 Å². The molecular weight excluding hydrogens is 316 g/mol. The Kier molecular flexibility index (Phi) is 4.74. The average Bonchev–Trinajstić information content (AvgIpc) is 2.95. The number of benzene rings is 2. The fourth-order valence-corrected chi connectivity index (χ4v) is 3.12. The van der Waals surface area contributed by atoms with Gasteiger partial charge in [-0.25, -0.2) is 4.79 Å². The van der Waals surface area contributed by atoms with Crippen LogP contribution in [0.25, 0.3) is 0 Å². The van der Waals surface area contributed by atoms with Gasteiger partial charge in [0.2, 0.25) is 0 Å². The number of hydrogen-bond donors (Lipinski definition) is 0. The van der Waals surface area contributed by atoms with Crippen LogP contribution in [0.1, 0.15) is 22.8 Å². The van der Waals surface area contributed by atoms with Crippen molar-refractivity contribution in [3.05, 3.63) is 59.7 Å². The summed E-state index contributed by atoms with van der Waals surface area (Å²) in [6, 6.07) is 15.0. The number of ether oxygens (including phenoxy) is 1. The summed E-state index contributed by atoms with van der Waals surface area (Å²) in [6.45, 7) is 1.74. The molecule has 0 radical (unpaired) electrons. The van der Waals surface area contributed by atoms with Gasteiger partial charge in [-0.15, -0.1) is 0 Å². The molecule has 130 valence electrons. The molecule has 0 fully saturated rings. The van der Waals surface area contributed by atoms with Crippen LogP contribution in [0.4, 0.5) is 11.4 Å². The van der Waals surface area contributed by atoms with E-state index < -0.39 is 5.97 Å². The molecule has 1 atom stereocenters. The van der Waals surface area contributed by atoms with Crippen molar-refractivity contribution in [3.8, 4) is 0 Å². The summed E-state index contributed by atoms with van der Waals surface area (Å²) in [7, 11) is 3.86. The second kappa shape index (κ2) is 6.97. The zero-order valence-corrected chi connectivity index (χ0v) is 14.7. The van der Waals surface area contributed by atoms with Crippen molar-refractivity contribution in [2.45, 2.75) is 19.4 Å². The first-order chi connectivity index (χ1) is 12.0. The third-order valence-corrected chi connectivity index (χ3v) is 4.42. The van der Waals surface area contributed by atoms with E-state index in [1.807, 2.05) is 62.3 Å². The number of amides is 1. The van der Waals surface area contributed by atoms with Gasteiger partial charge in [-0.05, 0) is 49.2 Å². The van der Waals surface area contributed by atoms with Gasteiger partial charge in [0, 0.05) is 31.5 Å². The molecule has 0 unspecified atom stereocenters. The Morgan fingerprint density at radius 3 is 2.48 bits per heavy atom. The molecule has 0 bridgehead atoms. The standard InChI is InChI=1S/C20H22N2O3/c1-14-12-16-6-4-5-7-18(16)22(14)19(23)13-25-20(24)15-8-10-17(11-9-15)21(2)3/h4-11,14H,12-13H2,1-3H3/t14-/m1/s1. The van der Waals surface area contributed by atoms with Crippen LogP contribution in [0, 0.1) is 0 Å². The lowest BCUT2D eigenvalue weighted by atomic mass is 10.1. The summed E-state index contributed by atoms with van der Waals surface area (Å²) in [5.41, 5.74) is 3.49. The molecule has 0 saturated carbocycles. The molecule has 5 nitrogen and oxygen atoms in total. The molecule has 0 aromatic heterocycles. The fourth-order valence-electron chi connectivity index (χ4n) is 3.12. The number of para-hydroxylation sites is 1. The first-order valence-corrected chi connectivity index (χ1v) is 8.32. The maximum atomic E-state index is 12.5. The van der Waals surface area contributed by atoms with E-state index in [1.54, 1.807) is 17.0 Å². The lowest BCUT2D eigenvalue weighted by Crippen LogP contribution is -2.38. The third-order valence-electron chi connectivity index (χ3n) is 4.42. The molecule has 3 rings (SSSR count). The Bertz CT molecular complexity index is 784. The van der Waals surface area contributed by atoms with Gasteiger partial charge in [0.15, 0.2) is 6.61 Å². The smallest absolute Gasteiger partial charge is 0.338 e. The molecule has 1 heterocycles. The molecule has 2 aromatic rings. The van der Waals surface area contributed by atoms with Crippen LogP contribution in [0.5, 0.6) is 0 Å². The number of esters is 1. The van der Waals surface area contributed by atoms with Gasteiger partial charge in [0.05, 0.1) is 5.56 Å². The van der Waals surface area contributed by atoms with Gasteiger partial charge in [0.25, 0.3) is 5.91 Å². The highest BCUT2D eigenvalue weighted by molar-refractivity contribution is 5.99. The van der Waals surface area contributed by atoms with Gasteiger partial charge < -0.3 is 14.5 Å². The highest BCUT2D eigenvalue weighted by Crippen LogP contribution is 2.31. The second-order valence-electron chi connectivity index (χ2n) is 6.46. The Morgan fingerprint density at radius 2 is 1.80 bits per heavy atom. The molecule has 1 amide bonds. The summed E-state index contributed by atoms with van der Waals surface area (Å²) in [4.78, 5) is 28.4. The maximum Gasteiger partial charge on any atom is 0.338 e. The van der Waals surface area contributed by atoms with Crippen molar-refractivity contribution >= 4 is 23.3 Å². The molecular formula is C20H22N2O3. The van der Waals surface area contributed by atoms with E-state index in [0.29, 0.717) is 5.56 Å². The SMILES string of the molecule is C[C@@H]1Cc2ccccc2N1C(=O)COC(=O)c1ccc(N(C)C)cc1. The van der Waals surface area contributed by atoms with Crippen LogP contribution in [0.3, 0.4) is 0 Å². The summed E-state index contributed by atoms with van der Waals surface area (Å²) in [5, 5.41) is 0. The van der Waals surface area contributed by atoms with Gasteiger partial charge in [-0.2, -0.15) is 0 Å². The minimum atomic E-state index is -0.487. The molecule has 0 saturated heterocycles. The lowest BCUT2D eigenvalue weighted by Gasteiger charge is -2.22. The third kappa shape index (κ3) is 3.50. The fraction of sp³-hybridized carbons (Fsp3) is 0.300. The minimum absolute atomic E-state index is 0.0722. The van der Waals surface area contributed by atoms with Crippen LogP contribution < -0.4 is 9.80 Å². The van der Waals surface area contributed by atoms with Crippen molar-refractivity contribution in [2.24, 2.45) is 0 Å². The second-order valence-corrected chi connectivity index (χ2v) is 6.46. The topological polar surface area (TPSA) is 49.9 Å². The molecule has 1 aliphatic rings. The van der Waals surface area contributed by atoms with Gasteiger partial charge >= 0.3 is 5.97 Å². The number of carbonyl (C=O) groups is 2. The largest absolute Gasteiger partial charge is 0.452 e. The number of anilines is 2. The first kappa shape index (κ1) is 17.0. The minimum Gasteiger partial charge on any atom is -0.452 e. The quantitative estimate of drug-likeness (QED) is 0.805. The van der Waals surface area contributed by atoms with Crippen molar-refractivity contribution in [1.82, 2.24) is 0 Å². The molecule has 25 heavy (non-hydrogen) atoms. The summed E-state index contributed by atoms with van der Waals surface area (Å²) < 4.78 is 5.22. The van der Waals surface area contributed by atoms with Crippen LogP contribution >= 0.6 is 0 Å². The van der Waals surface area contributed by atoms with E-state index in [0.717, 1.165) is 23.4 Å². The predicted molar refractivity (Wildman–Crippen MR) is 98.1 cm³/mol. The van der Waals surface area contributed by atoms with E-state index in [-0.39, 0.29) is 18.6 Å². The zero-order valence-electron chi connectivity index (χ0n) is 14.7. The molecule has 1 aliphatic heterocycles. The summed E-state index contributed by atoms with van der Waals surface area (Å²) in [6.07, 6.45) is 0.821. The number of nitrogens with zero attached hydrogens (tertiary/aromatic N) is 2. The van der Waals surface area contributed by atoms with E-state index >= 15 is 0 Å². The van der Waals surface area contributed by atoms with Gasteiger partial charge in [0.1, 0.15) is 0 Å². The number of hydrogen-bond acceptors (Lipinski definition) is 4. The van der Waals surface area contributed by atoms with E-state index in [9.17, 15) is 9.59 Å². The van der Waals surface area contributed by atoms with Crippen LogP contribution in [0.15, 0.2) is 48.5 Å². The number of rotatable bonds is 4. The Balaban J connectivity index is 1.63. The average molecular weight is 338 g/mol. The van der Waals surface area contributed by atoms with Gasteiger partial charge in [-0.3, -0.25) is 4.79 Å². The van der Waals surface area contributed by atoms with Crippen LogP contribution in [0.2, 0.25) is 0 Å². The van der Waals surface area contributed by atoms with Crippen LogP contribution in [-0.2, 0) is 16.0 Å². The zero-order chi connectivity index (χ0) is 18.0. The van der Waals surface area contributed by atoms with E-state index in [2.05, 4.69) is 0 Å². The van der Waals surface area contributed by atoms with Crippen LogP contribution in [-0.4, -0.2) is 38.6 Å². The number of carbonyl (C=O) groups excluding carboxylic acids is 2. The van der Waals surface area contributed by atoms with Crippen molar-refractivity contribution in [2.75, 3.05) is 30.5 Å². The maximum absolute atomic E-state index is 12.5. The normalized spacial score (nSPS) is 15.6. The van der Waals surface area contributed by atoms with Crippen molar-refractivity contribution < 1.29 is 14.3 Å². The van der Waals surface area contributed by atoms with Crippen molar-refractivity contribution in [1.29, 1.82) is 0 Å². The predicted octanol–water partition coefficient (Wildman–Crippen LogP) is 2.89. The monoisotopic (exact) mass is 338 g/mol. The summed E-state index contributed by atoms with van der Waals surface area (Å²) >= 11 is 0. The van der Waals surface area contributed by atoms with E-state index in [1.165, 1.54) is 0 Å². The molecule has 0 N–H and O–H groups in total. The molecule has 0 aliphatic carbocycles. The van der Waals surface area contributed by atoms with Gasteiger partial charge in [-0.1, -0.05) is 18.2 Å². The Morgan fingerprint density at radius 1 is 1.12 bits per heavy atom. The first-order valence-electron chi connectivity index (χ1n) is 8.32. The molecule has 2 aromatic carbocycles. The summed E-state index contributed by atoms with van der Waals surface area (Å²) in [5.74, 6) is -0.686. The highest BCUT2D eigenvalue weighted by Gasteiger charge is 2.30. The molecule has 5 heteroatoms. The van der Waals surface area contributed by atoms with E-state index in [4.69, 9.17) is 4.74 Å². The number of fused-ring (bicyclic) bond motifs is 1.